The molecule has 4 rings (SSSR count). The van der Waals surface area contributed by atoms with E-state index in [2.05, 4.69) is 39.8 Å². The first-order chi connectivity index (χ1) is 14.4. The van der Waals surface area contributed by atoms with Gasteiger partial charge in [-0.2, -0.15) is 0 Å². The van der Waals surface area contributed by atoms with Gasteiger partial charge in [-0.15, -0.1) is 0 Å². The van der Waals surface area contributed by atoms with E-state index in [1.54, 1.807) is 12.6 Å². The number of carbonyl (C=O) groups is 1. The van der Waals surface area contributed by atoms with Gasteiger partial charge in [0.05, 0.1) is 23.9 Å². The van der Waals surface area contributed by atoms with Gasteiger partial charge in [0.2, 0.25) is 5.91 Å². The van der Waals surface area contributed by atoms with Gasteiger partial charge in [-0.3, -0.25) is 4.79 Å². The third-order valence-electron chi connectivity index (χ3n) is 5.26. The molecule has 0 radical (unpaired) electrons. The minimum atomic E-state index is -0.0527. The highest BCUT2D eigenvalue weighted by molar-refractivity contribution is 8.00. The molecule has 0 aliphatic heterocycles. The van der Waals surface area contributed by atoms with Crippen LogP contribution in [0.1, 0.15) is 28.1 Å². The van der Waals surface area contributed by atoms with E-state index in [1.807, 2.05) is 38.1 Å². The van der Waals surface area contributed by atoms with Gasteiger partial charge in [0.15, 0.2) is 0 Å². The van der Waals surface area contributed by atoms with Crippen LogP contribution in [0, 0.1) is 27.7 Å². The van der Waals surface area contributed by atoms with Crippen LogP contribution < -0.4 is 5.32 Å². The third-order valence-corrected chi connectivity index (χ3v) is 6.25. The minimum Gasteiger partial charge on any atom is -0.467 e. The zero-order chi connectivity index (χ0) is 21.3. The number of carbonyl (C=O) groups excluding carboxylic acids is 1. The Morgan fingerprint density at radius 1 is 1.17 bits per heavy atom. The molecule has 30 heavy (non-hydrogen) atoms. The van der Waals surface area contributed by atoms with Crippen molar-refractivity contribution in [2.24, 2.45) is 0 Å². The van der Waals surface area contributed by atoms with E-state index in [-0.39, 0.29) is 11.7 Å². The summed E-state index contributed by atoms with van der Waals surface area (Å²) in [5.74, 6) is 1.10. The lowest BCUT2D eigenvalue weighted by Gasteiger charge is -2.09. The van der Waals surface area contributed by atoms with Gasteiger partial charge in [0.25, 0.3) is 0 Å². The first-order valence-electron chi connectivity index (χ1n) is 9.76. The van der Waals surface area contributed by atoms with Crippen LogP contribution in [0.3, 0.4) is 0 Å². The summed E-state index contributed by atoms with van der Waals surface area (Å²) < 4.78 is 7.64. The molecule has 6 nitrogen and oxygen atoms in total. The first kappa shape index (κ1) is 20.2. The largest absolute Gasteiger partial charge is 0.467 e. The van der Waals surface area contributed by atoms with Gasteiger partial charge < -0.3 is 14.3 Å². The summed E-state index contributed by atoms with van der Waals surface area (Å²) in [5, 5.41) is 4.80. The summed E-state index contributed by atoms with van der Waals surface area (Å²) in [5.41, 5.74) is 6.16. The molecule has 3 aromatic heterocycles. The number of hydrogen-bond acceptors (Lipinski definition) is 5. The Labute approximate surface area is 179 Å². The molecule has 0 saturated carbocycles. The Kier molecular flexibility index (Phi) is 5.63. The van der Waals surface area contributed by atoms with E-state index < -0.39 is 0 Å². The smallest absolute Gasteiger partial charge is 0.234 e. The SMILES string of the molecule is Cc1ccc(NC(=O)CSc2ncnc3c2c(C)c(C)n3Cc2ccco2)c(C)c1. The van der Waals surface area contributed by atoms with Crippen LogP contribution in [-0.2, 0) is 11.3 Å². The highest BCUT2D eigenvalue weighted by Gasteiger charge is 2.18. The summed E-state index contributed by atoms with van der Waals surface area (Å²) in [6, 6.07) is 9.84. The van der Waals surface area contributed by atoms with Crippen molar-refractivity contribution in [3.63, 3.8) is 0 Å². The van der Waals surface area contributed by atoms with Crippen LogP contribution in [0.4, 0.5) is 5.69 Å². The number of benzene rings is 1. The molecular weight excluding hydrogens is 396 g/mol. The van der Waals surface area contributed by atoms with Crippen molar-refractivity contribution < 1.29 is 9.21 Å². The minimum absolute atomic E-state index is 0.0527. The summed E-state index contributed by atoms with van der Waals surface area (Å²) in [7, 11) is 0. The molecule has 0 spiro atoms. The monoisotopic (exact) mass is 420 g/mol. The molecule has 0 aliphatic rings. The van der Waals surface area contributed by atoms with Crippen molar-refractivity contribution in [1.29, 1.82) is 0 Å². The van der Waals surface area contributed by atoms with Gasteiger partial charge >= 0.3 is 0 Å². The molecule has 1 aromatic carbocycles. The molecular formula is C23H24N4O2S. The molecule has 0 unspecified atom stereocenters. The maximum atomic E-state index is 12.5. The van der Waals surface area contributed by atoms with Gasteiger partial charge in [0, 0.05) is 11.4 Å². The average Bonchev–Trinajstić information content (AvgIpc) is 3.32. The van der Waals surface area contributed by atoms with Gasteiger partial charge in [-0.1, -0.05) is 29.5 Å². The van der Waals surface area contributed by atoms with E-state index in [1.165, 1.54) is 17.3 Å². The van der Waals surface area contributed by atoms with Crippen LogP contribution in [-0.4, -0.2) is 26.2 Å². The number of aryl methyl sites for hydroxylation is 3. The van der Waals surface area contributed by atoms with Crippen molar-refractivity contribution >= 4 is 34.4 Å². The van der Waals surface area contributed by atoms with Gasteiger partial charge in [-0.05, 0) is 57.0 Å². The second kappa shape index (κ2) is 8.36. The van der Waals surface area contributed by atoms with Crippen LogP contribution >= 0.6 is 11.8 Å². The molecule has 1 N–H and O–H groups in total. The van der Waals surface area contributed by atoms with Crippen LogP contribution in [0.25, 0.3) is 11.0 Å². The second-order valence-corrected chi connectivity index (χ2v) is 8.37. The maximum absolute atomic E-state index is 12.5. The van der Waals surface area contributed by atoms with E-state index in [0.717, 1.165) is 44.3 Å². The van der Waals surface area contributed by atoms with E-state index in [0.29, 0.717) is 6.54 Å². The number of aromatic nitrogens is 3. The quantitative estimate of drug-likeness (QED) is 0.350. The van der Waals surface area contributed by atoms with Crippen molar-refractivity contribution in [1.82, 2.24) is 14.5 Å². The van der Waals surface area contributed by atoms with Crippen molar-refractivity contribution in [2.45, 2.75) is 39.3 Å². The van der Waals surface area contributed by atoms with E-state index in [9.17, 15) is 4.79 Å². The molecule has 3 heterocycles. The third kappa shape index (κ3) is 3.98. The van der Waals surface area contributed by atoms with Crippen LogP contribution in [0.15, 0.2) is 52.4 Å². The predicted molar refractivity (Wildman–Crippen MR) is 120 cm³/mol. The number of nitrogens with zero attached hydrogens (tertiary/aromatic N) is 3. The van der Waals surface area contributed by atoms with Crippen LogP contribution in [0.2, 0.25) is 0 Å². The molecule has 0 fully saturated rings. The van der Waals surface area contributed by atoms with Crippen molar-refractivity contribution in [2.75, 3.05) is 11.1 Å². The number of amides is 1. The lowest BCUT2D eigenvalue weighted by atomic mass is 10.1. The Bertz CT molecular complexity index is 1210. The molecule has 0 aliphatic carbocycles. The normalized spacial score (nSPS) is 11.2. The Morgan fingerprint density at radius 2 is 2.00 bits per heavy atom. The van der Waals surface area contributed by atoms with Crippen LogP contribution in [0.5, 0.6) is 0 Å². The maximum Gasteiger partial charge on any atom is 0.234 e. The highest BCUT2D eigenvalue weighted by Crippen LogP contribution is 2.32. The Balaban J connectivity index is 1.55. The van der Waals surface area contributed by atoms with Crippen molar-refractivity contribution in [3.8, 4) is 0 Å². The summed E-state index contributed by atoms with van der Waals surface area (Å²) in [6.07, 6.45) is 3.23. The fraction of sp³-hybridized carbons (Fsp3) is 0.261. The summed E-state index contributed by atoms with van der Waals surface area (Å²) in [4.78, 5) is 21.5. The predicted octanol–water partition coefficient (Wildman–Crippen LogP) is 5.04. The number of hydrogen-bond donors (Lipinski definition) is 1. The number of thioether (sulfide) groups is 1. The fourth-order valence-corrected chi connectivity index (χ4v) is 4.42. The Hall–Kier alpha value is -3.06. The van der Waals surface area contributed by atoms with Crippen molar-refractivity contribution in [3.05, 3.63) is 71.1 Å². The first-order valence-corrected chi connectivity index (χ1v) is 10.7. The lowest BCUT2D eigenvalue weighted by molar-refractivity contribution is -0.113. The number of fused-ring (bicyclic) bond motifs is 1. The fourth-order valence-electron chi connectivity index (χ4n) is 3.57. The van der Waals surface area contributed by atoms with Gasteiger partial charge in [-0.25, -0.2) is 9.97 Å². The van der Waals surface area contributed by atoms with E-state index in [4.69, 9.17) is 4.42 Å². The van der Waals surface area contributed by atoms with E-state index >= 15 is 0 Å². The Morgan fingerprint density at radius 3 is 2.73 bits per heavy atom. The molecule has 4 aromatic rings. The molecule has 0 atom stereocenters. The standard InChI is InChI=1S/C23H24N4O2S/c1-14-7-8-19(15(2)10-14)26-20(28)12-30-23-21-16(3)17(4)27(22(21)24-13-25-23)11-18-6-5-9-29-18/h5-10,13H,11-12H2,1-4H3,(H,26,28). The zero-order valence-corrected chi connectivity index (χ0v) is 18.3. The number of furan rings is 1. The second-order valence-electron chi connectivity index (χ2n) is 7.41. The summed E-state index contributed by atoms with van der Waals surface area (Å²) in [6.45, 7) is 8.78. The summed E-state index contributed by atoms with van der Waals surface area (Å²) >= 11 is 1.43. The topological polar surface area (TPSA) is 73.0 Å². The number of rotatable bonds is 6. The highest BCUT2D eigenvalue weighted by atomic mass is 32.2. The lowest BCUT2D eigenvalue weighted by Crippen LogP contribution is -2.15. The zero-order valence-electron chi connectivity index (χ0n) is 17.5. The van der Waals surface area contributed by atoms with Gasteiger partial charge in [0.1, 0.15) is 22.8 Å². The average molecular weight is 421 g/mol. The molecule has 0 saturated heterocycles. The molecule has 154 valence electrons. The molecule has 1 amide bonds. The number of nitrogens with one attached hydrogen (secondary N) is 1. The molecule has 0 bridgehead atoms. The molecule has 7 heteroatoms. The number of anilines is 1.